The molecule has 0 fully saturated rings. The molecule has 0 aliphatic rings. The molecule has 5 nitrogen and oxygen atoms in total. The lowest BCUT2D eigenvalue weighted by Gasteiger charge is -2.17. The number of nitrogens with one attached hydrogen (secondary N) is 1. The Bertz CT molecular complexity index is 890. The molecule has 0 aliphatic carbocycles. The second kappa shape index (κ2) is 9.13. The van der Waals surface area contributed by atoms with Crippen molar-refractivity contribution in [3.05, 3.63) is 83.9 Å². The summed E-state index contributed by atoms with van der Waals surface area (Å²) in [5.41, 5.74) is 4.76. The Morgan fingerprint density at radius 2 is 1.68 bits per heavy atom. The molecule has 0 saturated heterocycles. The fourth-order valence-corrected chi connectivity index (χ4v) is 2.86. The van der Waals surface area contributed by atoms with Crippen molar-refractivity contribution in [3.63, 3.8) is 0 Å². The van der Waals surface area contributed by atoms with Crippen LogP contribution in [0.15, 0.2) is 67.1 Å². The van der Waals surface area contributed by atoms with E-state index in [1.54, 1.807) is 36.6 Å². The highest BCUT2D eigenvalue weighted by molar-refractivity contribution is 5.92. The van der Waals surface area contributed by atoms with Crippen molar-refractivity contribution < 1.29 is 4.79 Å². The number of benzene rings is 1. The van der Waals surface area contributed by atoms with Gasteiger partial charge in [-0.05, 0) is 59.9 Å². The monoisotopic (exact) mass is 374 g/mol. The minimum absolute atomic E-state index is 0.0816. The maximum absolute atomic E-state index is 12.6. The number of carbonyl (C=O) groups is 1. The molecule has 1 amide bonds. The Balaban J connectivity index is 1.57. The van der Waals surface area contributed by atoms with Crippen LogP contribution in [0.5, 0.6) is 0 Å². The van der Waals surface area contributed by atoms with Crippen LogP contribution >= 0.6 is 0 Å². The van der Waals surface area contributed by atoms with Gasteiger partial charge in [0, 0.05) is 31.7 Å². The predicted molar refractivity (Wildman–Crippen MR) is 113 cm³/mol. The number of hydrogen-bond acceptors (Lipinski definition) is 4. The lowest BCUT2D eigenvalue weighted by Crippen LogP contribution is -2.29. The minimum Gasteiger partial charge on any atom is -0.354 e. The zero-order valence-electron chi connectivity index (χ0n) is 16.6. The number of anilines is 2. The average molecular weight is 374 g/mol. The van der Waals surface area contributed by atoms with E-state index >= 15 is 0 Å². The number of nitrogens with zero attached hydrogens (tertiary/aromatic N) is 3. The summed E-state index contributed by atoms with van der Waals surface area (Å²) < 4.78 is 0. The molecule has 28 heavy (non-hydrogen) atoms. The van der Waals surface area contributed by atoms with Gasteiger partial charge in [-0.15, -0.1) is 0 Å². The van der Waals surface area contributed by atoms with Crippen molar-refractivity contribution in [2.24, 2.45) is 0 Å². The van der Waals surface area contributed by atoms with E-state index in [1.807, 2.05) is 18.2 Å². The van der Waals surface area contributed by atoms with Gasteiger partial charge in [-0.2, -0.15) is 0 Å². The standard InChI is InChI=1S/C23H26N4O/c1-17(2)19-4-6-20(7-5-19)26-21-8-9-22(25-16-21)23(28)27(3)15-12-18-10-13-24-14-11-18/h4-11,13-14,16-17,26H,12,15H2,1-3H3. The number of likely N-dealkylation sites (N-methyl/N-ethyl adjacent to an activating group) is 1. The van der Waals surface area contributed by atoms with E-state index in [0.29, 0.717) is 18.2 Å². The van der Waals surface area contributed by atoms with Crippen molar-refractivity contribution >= 4 is 17.3 Å². The van der Waals surface area contributed by atoms with Gasteiger partial charge >= 0.3 is 0 Å². The second-order valence-electron chi connectivity index (χ2n) is 7.17. The fraction of sp³-hybridized carbons (Fsp3) is 0.261. The van der Waals surface area contributed by atoms with Crippen LogP contribution in [0.2, 0.25) is 0 Å². The largest absolute Gasteiger partial charge is 0.354 e. The number of rotatable bonds is 7. The van der Waals surface area contributed by atoms with Gasteiger partial charge in [0.05, 0.1) is 11.9 Å². The van der Waals surface area contributed by atoms with Gasteiger partial charge in [-0.25, -0.2) is 4.98 Å². The summed E-state index contributed by atoms with van der Waals surface area (Å²) in [6.07, 6.45) is 6.01. The normalized spacial score (nSPS) is 10.7. The SMILES string of the molecule is CC(C)c1ccc(Nc2ccc(C(=O)N(C)CCc3ccncc3)nc2)cc1. The third kappa shape index (κ3) is 5.16. The van der Waals surface area contributed by atoms with Gasteiger partial charge in [0.25, 0.3) is 5.91 Å². The van der Waals surface area contributed by atoms with E-state index in [0.717, 1.165) is 23.4 Å². The Kier molecular flexibility index (Phi) is 6.37. The highest BCUT2D eigenvalue weighted by Crippen LogP contribution is 2.20. The van der Waals surface area contributed by atoms with E-state index in [9.17, 15) is 4.79 Å². The molecule has 144 valence electrons. The molecule has 0 unspecified atom stereocenters. The van der Waals surface area contributed by atoms with Crippen molar-refractivity contribution in [1.29, 1.82) is 0 Å². The molecule has 3 aromatic rings. The average Bonchev–Trinajstić information content (AvgIpc) is 2.73. The van der Waals surface area contributed by atoms with Crippen LogP contribution in [-0.4, -0.2) is 34.4 Å². The summed E-state index contributed by atoms with van der Waals surface area (Å²) in [6.45, 7) is 4.99. The Morgan fingerprint density at radius 3 is 2.29 bits per heavy atom. The maximum Gasteiger partial charge on any atom is 0.272 e. The summed E-state index contributed by atoms with van der Waals surface area (Å²) in [6, 6.07) is 15.9. The highest BCUT2D eigenvalue weighted by Gasteiger charge is 2.13. The van der Waals surface area contributed by atoms with E-state index in [-0.39, 0.29) is 5.91 Å². The molecule has 3 rings (SSSR count). The summed E-state index contributed by atoms with van der Waals surface area (Å²) in [5, 5.41) is 3.32. The van der Waals surface area contributed by atoms with E-state index < -0.39 is 0 Å². The molecule has 0 bridgehead atoms. The van der Waals surface area contributed by atoms with Crippen LogP contribution in [0.4, 0.5) is 11.4 Å². The summed E-state index contributed by atoms with van der Waals surface area (Å²) in [5.74, 6) is 0.429. The third-order valence-corrected chi connectivity index (χ3v) is 4.68. The van der Waals surface area contributed by atoms with Crippen LogP contribution in [0.25, 0.3) is 0 Å². The van der Waals surface area contributed by atoms with Crippen molar-refractivity contribution in [2.75, 3.05) is 18.9 Å². The fourth-order valence-electron chi connectivity index (χ4n) is 2.86. The van der Waals surface area contributed by atoms with Crippen LogP contribution in [0, 0.1) is 0 Å². The molecule has 2 aromatic heterocycles. The third-order valence-electron chi connectivity index (χ3n) is 4.68. The number of pyridine rings is 2. The first-order valence-electron chi connectivity index (χ1n) is 9.50. The van der Waals surface area contributed by atoms with Gasteiger partial charge in [0.1, 0.15) is 5.69 Å². The number of hydrogen-bond donors (Lipinski definition) is 1. The Hall–Kier alpha value is -3.21. The zero-order chi connectivity index (χ0) is 19.9. The van der Waals surface area contributed by atoms with Gasteiger partial charge < -0.3 is 10.2 Å². The molecular formula is C23H26N4O. The smallest absolute Gasteiger partial charge is 0.272 e. The van der Waals surface area contributed by atoms with Crippen LogP contribution in [-0.2, 0) is 6.42 Å². The molecule has 0 atom stereocenters. The van der Waals surface area contributed by atoms with Crippen LogP contribution < -0.4 is 5.32 Å². The predicted octanol–water partition coefficient (Wildman–Crippen LogP) is 4.66. The number of aromatic nitrogens is 2. The highest BCUT2D eigenvalue weighted by atomic mass is 16.2. The van der Waals surface area contributed by atoms with Crippen molar-refractivity contribution in [2.45, 2.75) is 26.2 Å². The van der Waals surface area contributed by atoms with E-state index in [1.165, 1.54) is 5.56 Å². The second-order valence-corrected chi connectivity index (χ2v) is 7.17. The summed E-state index contributed by atoms with van der Waals surface area (Å²) in [7, 11) is 1.80. The Morgan fingerprint density at radius 1 is 1.00 bits per heavy atom. The molecule has 5 heteroatoms. The maximum atomic E-state index is 12.6. The van der Waals surface area contributed by atoms with Gasteiger partial charge in [-0.1, -0.05) is 26.0 Å². The molecule has 0 radical (unpaired) electrons. The molecular weight excluding hydrogens is 348 g/mol. The molecule has 2 heterocycles. The summed E-state index contributed by atoms with van der Waals surface area (Å²) >= 11 is 0. The number of amides is 1. The number of carbonyl (C=O) groups excluding carboxylic acids is 1. The van der Waals surface area contributed by atoms with Gasteiger partial charge in [0.15, 0.2) is 0 Å². The molecule has 1 aromatic carbocycles. The van der Waals surface area contributed by atoms with Crippen LogP contribution in [0.3, 0.4) is 0 Å². The van der Waals surface area contributed by atoms with E-state index in [4.69, 9.17) is 0 Å². The summed E-state index contributed by atoms with van der Waals surface area (Å²) in [4.78, 5) is 22.6. The zero-order valence-corrected chi connectivity index (χ0v) is 16.6. The quantitative estimate of drug-likeness (QED) is 0.653. The van der Waals surface area contributed by atoms with E-state index in [2.05, 4.69) is 53.4 Å². The Labute approximate surface area is 166 Å². The lowest BCUT2D eigenvalue weighted by atomic mass is 10.0. The molecule has 0 spiro atoms. The minimum atomic E-state index is -0.0816. The van der Waals surface area contributed by atoms with Crippen LogP contribution in [0.1, 0.15) is 41.4 Å². The molecule has 1 N–H and O–H groups in total. The van der Waals surface area contributed by atoms with Gasteiger partial charge in [-0.3, -0.25) is 9.78 Å². The molecule has 0 saturated carbocycles. The lowest BCUT2D eigenvalue weighted by molar-refractivity contribution is 0.0791. The first-order valence-corrected chi connectivity index (χ1v) is 9.50. The van der Waals surface area contributed by atoms with Crippen molar-refractivity contribution in [1.82, 2.24) is 14.9 Å². The van der Waals surface area contributed by atoms with Crippen molar-refractivity contribution in [3.8, 4) is 0 Å². The van der Waals surface area contributed by atoms with Gasteiger partial charge in [0.2, 0.25) is 0 Å². The topological polar surface area (TPSA) is 58.1 Å². The first-order chi connectivity index (χ1) is 13.5. The first kappa shape index (κ1) is 19.5. The molecule has 0 aliphatic heterocycles.